The van der Waals surface area contributed by atoms with Crippen LogP contribution in [0.5, 0.6) is 5.75 Å². The molecule has 1 aromatic heterocycles. The second-order valence-electron chi connectivity index (χ2n) is 5.73. The van der Waals surface area contributed by atoms with Crippen molar-refractivity contribution >= 4 is 28.6 Å². The van der Waals surface area contributed by atoms with E-state index in [2.05, 4.69) is 29.0 Å². The number of halogens is 1. The maximum absolute atomic E-state index is 6.03. The lowest BCUT2D eigenvalue weighted by molar-refractivity contribution is 0.415. The Morgan fingerprint density at radius 3 is 2.44 bits per heavy atom. The summed E-state index contributed by atoms with van der Waals surface area (Å²) in [5.74, 6) is 0.839. The molecule has 0 atom stereocenters. The zero-order valence-corrected chi connectivity index (χ0v) is 16.0. The van der Waals surface area contributed by atoms with E-state index in [0.717, 1.165) is 46.2 Å². The number of benzene rings is 2. The molecular weight excluding hydrogens is 352 g/mol. The lowest BCUT2D eigenvalue weighted by atomic mass is 10.1. The highest BCUT2D eigenvalue weighted by molar-refractivity contribution is 7.07. The second kappa shape index (κ2) is 8.37. The summed E-state index contributed by atoms with van der Waals surface area (Å²) in [5, 5.41) is 2.92. The van der Waals surface area contributed by atoms with Gasteiger partial charge in [-0.25, -0.2) is 4.99 Å². The first-order valence-electron chi connectivity index (χ1n) is 8.34. The molecule has 0 saturated heterocycles. The first-order valence-corrected chi connectivity index (χ1v) is 9.60. The third-order valence-corrected chi connectivity index (χ3v) is 5.09. The lowest BCUT2D eigenvalue weighted by Gasteiger charge is -2.09. The second-order valence-corrected chi connectivity index (χ2v) is 7.00. The highest BCUT2D eigenvalue weighted by Crippen LogP contribution is 2.23. The lowest BCUT2D eigenvalue weighted by Crippen LogP contribution is -2.15. The fourth-order valence-electron chi connectivity index (χ4n) is 2.57. The first-order chi connectivity index (χ1) is 12.2. The van der Waals surface area contributed by atoms with Crippen molar-refractivity contribution in [2.24, 2.45) is 4.99 Å². The number of aromatic nitrogens is 1. The zero-order valence-electron chi connectivity index (χ0n) is 14.4. The van der Waals surface area contributed by atoms with E-state index >= 15 is 0 Å². The summed E-state index contributed by atoms with van der Waals surface area (Å²) in [5.41, 5.74) is 3.27. The number of hydrogen-bond acceptors (Lipinski definition) is 3. The molecule has 3 nitrogen and oxygen atoms in total. The van der Waals surface area contributed by atoms with Crippen LogP contribution in [0.3, 0.4) is 0 Å². The normalized spacial score (nSPS) is 11.7. The number of rotatable bonds is 6. The van der Waals surface area contributed by atoms with Gasteiger partial charge < -0.3 is 9.30 Å². The maximum Gasteiger partial charge on any atom is 0.190 e. The van der Waals surface area contributed by atoms with Gasteiger partial charge in [0, 0.05) is 16.9 Å². The van der Waals surface area contributed by atoms with E-state index in [0.29, 0.717) is 0 Å². The molecule has 0 aliphatic heterocycles. The maximum atomic E-state index is 6.03. The Hall–Kier alpha value is -2.04. The number of nitrogens with zero attached hydrogens (tertiary/aromatic N) is 2. The number of methoxy groups -OCH3 is 1. The van der Waals surface area contributed by atoms with Gasteiger partial charge in [-0.3, -0.25) is 0 Å². The van der Waals surface area contributed by atoms with Crippen molar-refractivity contribution in [3.05, 3.63) is 63.7 Å². The van der Waals surface area contributed by atoms with Gasteiger partial charge in [0.25, 0.3) is 0 Å². The van der Waals surface area contributed by atoms with Crippen LogP contribution in [0.4, 0.5) is 5.69 Å². The number of thiazole rings is 1. The quantitative estimate of drug-likeness (QED) is 0.528. The van der Waals surface area contributed by atoms with Crippen molar-refractivity contribution in [2.45, 2.75) is 26.3 Å². The first kappa shape index (κ1) is 17.8. The van der Waals surface area contributed by atoms with Crippen molar-refractivity contribution in [3.8, 4) is 17.0 Å². The van der Waals surface area contributed by atoms with Crippen LogP contribution in [0.2, 0.25) is 5.02 Å². The molecule has 1 heterocycles. The number of hydrogen-bond donors (Lipinski definition) is 0. The molecule has 2 aromatic carbocycles. The molecule has 0 unspecified atom stereocenters. The summed E-state index contributed by atoms with van der Waals surface area (Å²) in [6, 6.07) is 15.8. The highest BCUT2D eigenvalue weighted by Gasteiger charge is 2.08. The van der Waals surface area contributed by atoms with Crippen molar-refractivity contribution in [3.63, 3.8) is 0 Å². The van der Waals surface area contributed by atoms with Crippen LogP contribution < -0.4 is 9.54 Å². The molecule has 0 aliphatic rings. The van der Waals surface area contributed by atoms with E-state index in [1.807, 2.05) is 36.4 Å². The van der Waals surface area contributed by atoms with E-state index in [4.69, 9.17) is 21.3 Å². The minimum Gasteiger partial charge on any atom is -0.497 e. The van der Waals surface area contributed by atoms with Crippen molar-refractivity contribution < 1.29 is 4.74 Å². The molecule has 0 aliphatic carbocycles. The predicted octanol–water partition coefficient (Wildman–Crippen LogP) is 5.91. The minimum absolute atomic E-state index is 0.752. The SMILES string of the molecule is CCCCn1c(-c2ccc(Cl)cc2)csc1=Nc1ccc(OC)cc1. The van der Waals surface area contributed by atoms with E-state index in [1.54, 1.807) is 18.4 Å². The molecule has 25 heavy (non-hydrogen) atoms. The molecule has 0 saturated carbocycles. The van der Waals surface area contributed by atoms with Gasteiger partial charge in [-0.2, -0.15) is 0 Å². The van der Waals surface area contributed by atoms with Crippen LogP contribution in [-0.2, 0) is 6.54 Å². The van der Waals surface area contributed by atoms with Crippen LogP contribution in [0.15, 0.2) is 58.9 Å². The molecule has 3 aromatic rings. The number of ether oxygens (including phenoxy) is 1. The smallest absolute Gasteiger partial charge is 0.190 e. The van der Waals surface area contributed by atoms with Gasteiger partial charge in [-0.05, 0) is 48.4 Å². The monoisotopic (exact) mass is 372 g/mol. The third-order valence-electron chi connectivity index (χ3n) is 3.97. The molecular formula is C20H21ClN2OS. The van der Waals surface area contributed by atoms with Gasteiger partial charge in [0.2, 0.25) is 0 Å². The van der Waals surface area contributed by atoms with Gasteiger partial charge in [0.15, 0.2) is 4.80 Å². The topological polar surface area (TPSA) is 26.5 Å². The van der Waals surface area contributed by atoms with E-state index in [-0.39, 0.29) is 0 Å². The van der Waals surface area contributed by atoms with E-state index in [1.165, 1.54) is 5.69 Å². The molecule has 0 spiro atoms. The zero-order chi connectivity index (χ0) is 17.6. The number of unbranched alkanes of at least 4 members (excludes halogenated alkanes) is 1. The average Bonchev–Trinajstić information content (AvgIpc) is 3.03. The van der Waals surface area contributed by atoms with Crippen molar-refractivity contribution in [1.29, 1.82) is 0 Å². The van der Waals surface area contributed by atoms with Crippen molar-refractivity contribution in [2.75, 3.05) is 7.11 Å². The highest BCUT2D eigenvalue weighted by atomic mass is 35.5. The van der Waals surface area contributed by atoms with Crippen LogP contribution in [0.1, 0.15) is 19.8 Å². The Bertz CT molecular complexity index is 879. The van der Waals surface area contributed by atoms with Gasteiger partial charge in [0.1, 0.15) is 5.75 Å². The molecule has 0 fully saturated rings. The third kappa shape index (κ3) is 4.33. The molecule has 3 rings (SSSR count). The van der Waals surface area contributed by atoms with E-state index in [9.17, 15) is 0 Å². The van der Waals surface area contributed by atoms with Crippen LogP contribution in [0.25, 0.3) is 11.3 Å². The largest absolute Gasteiger partial charge is 0.497 e. The van der Waals surface area contributed by atoms with E-state index < -0.39 is 0 Å². The molecule has 0 radical (unpaired) electrons. The Morgan fingerprint density at radius 1 is 1.08 bits per heavy atom. The van der Waals surface area contributed by atoms with Gasteiger partial charge >= 0.3 is 0 Å². The van der Waals surface area contributed by atoms with Gasteiger partial charge in [-0.15, -0.1) is 11.3 Å². The molecule has 130 valence electrons. The summed E-state index contributed by atoms with van der Waals surface area (Å²) < 4.78 is 7.51. The summed E-state index contributed by atoms with van der Waals surface area (Å²) in [4.78, 5) is 5.84. The Morgan fingerprint density at radius 2 is 1.80 bits per heavy atom. The minimum atomic E-state index is 0.752. The molecule has 0 amide bonds. The van der Waals surface area contributed by atoms with Gasteiger partial charge in [0.05, 0.1) is 18.5 Å². The fourth-order valence-corrected chi connectivity index (χ4v) is 3.65. The van der Waals surface area contributed by atoms with Crippen LogP contribution in [-0.4, -0.2) is 11.7 Å². The fraction of sp³-hybridized carbons (Fsp3) is 0.250. The Labute approximate surface area is 157 Å². The Kier molecular flexibility index (Phi) is 5.95. The summed E-state index contributed by atoms with van der Waals surface area (Å²) in [6.07, 6.45) is 2.26. The predicted molar refractivity (Wildman–Crippen MR) is 106 cm³/mol. The standard InChI is InChI=1S/C20H21ClN2OS/c1-3-4-13-23-19(15-5-7-16(21)8-6-15)14-25-20(23)22-17-9-11-18(24-2)12-10-17/h5-12,14H,3-4,13H2,1-2H3. The van der Waals surface area contributed by atoms with Gasteiger partial charge in [-0.1, -0.05) is 37.1 Å². The molecule has 5 heteroatoms. The molecule has 0 bridgehead atoms. The average molecular weight is 373 g/mol. The van der Waals surface area contributed by atoms with Crippen LogP contribution >= 0.6 is 22.9 Å². The Balaban J connectivity index is 2.03. The summed E-state index contributed by atoms with van der Waals surface area (Å²) in [7, 11) is 1.67. The van der Waals surface area contributed by atoms with Crippen LogP contribution in [0, 0.1) is 0 Å². The molecule has 0 N–H and O–H groups in total. The summed E-state index contributed by atoms with van der Waals surface area (Å²) in [6.45, 7) is 3.15. The van der Waals surface area contributed by atoms with Crippen molar-refractivity contribution in [1.82, 2.24) is 4.57 Å². The summed E-state index contributed by atoms with van der Waals surface area (Å²) >= 11 is 7.69.